The van der Waals surface area contributed by atoms with Gasteiger partial charge in [0, 0.05) is 10.7 Å². The van der Waals surface area contributed by atoms with Gasteiger partial charge < -0.3 is 10.1 Å². The molecule has 0 spiro atoms. The van der Waals surface area contributed by atoms with Crippen LogP contribution in [-0.4, -0.2) is 20.4 Å². The molecule has 0 aliphatic carbocycles. The molecule has 1 atom stereocenters. The Hall–Kier alpha value is -3.10. The van der Waals surface area contributed by atoms with E-state index >= 15 is 0 Å². The lowest BCUT2D eigenvalue weighted by atomic mass is 10.2. The average molecular weight is 463 g/mol. The summed E-state index contributed by atoms with van der Waals surface area (Å²) >= 11 is 5.94. The average Bonchev–Trinajstić information content (AvgIpc) is 2.72. The molecule has 0 aromatic heterocycles. The van der Waals surface area contributed by atoms with Crippen molar-refractivity contribution in [3.8, 4) is 5.75 Å². The number of halogens is 2. The summed E-state index contributed by atoms with van der Waals surface area (Å²) in [6, 6.07) is 15.9. The number of aryl methyl sites for hydroxylation is 1. The predicted molar refractivity (Wildman–Crippen MR) is 119 cm³/mol. The second-order valence-electron chi connectivity index (χ2n) is 6.79. The van der Waals surface area contributed by atoms with Gasteiger partial charge >= 0.3 is 0 Å². The number of nitrogens with one attached hydrogen (secondary N) is 2. The Morgan fingerprint density at radius 1 is 1.03 bits per heavy atom. The summed E-state index contributed by atoms with van der Waals surface area (Å²) < 4.78 is 46.2. The van der Waals surface area contributed by atoms with Crippen LogP contribution >= 0.6 is 11.6 Å². The molecule has 1 amide bonds. The van der Waals surface area contributed by atoms with E-state index in [1.165, 1.54) is 54.6 Å². The zero-order chi connectivity index (χ0) is 22.6. The van der Waals surface area contributed by atoms with Crippen molar-refractivity contribution in [3.05, 3.63) is 83.1 Å². The molecule has 0 radical (unpaired) electrons. The van der Waals surface area contributed by atoms with Crippen molar-refractivity contribution in [2.45, 2.75) is 24.8 Å². The maximum atomic E-state index is 13.0. The van der Waals surface area contributed by atoms with Crippen LogP contribution in [-0.2, 0) is 14.8 Å². The Morgan fingerprint density at radius 3 is 2.32 bits per heavy atom. The van der Waals surface area contributed by atoms with E-state index in [1.54, 1.807) is 26.0 Å². The summed E-state index contributed by atoms with van der Waals surface area (Å²) in [5.74, 6) is -0.486. The van der Waals surface area contributed by atoms with Crippen LogP contribution in [0.3, 0.4) is 0 Å². The highest BCUT2D eigenvalue weighted by atomic mass is 35.5. The van der Waals surface area contributed by atoms with Gasteiger partial charge in [-0.3, -0.25) is 9.52 Å². The molecule has 0 unspecified atom stereocenters. The zero-order valence-electron chi connectivity index (χ0n) is 16.7. The van der Waals surface area contributed by atoms with Crippen LogP contribution in [0.25, 0.3) is 0 Å². The quantitative estimate of drug-likeness (QED) is 0.517. The first-order valence-electron chi connectivity index (χ1n) is 9.26. The summed E-state index contributed by atoms with van der Waals surface area (Å²) in [5, 5.41) is 3.06. The first-order valence-corrected chi connectivity index (χ1v) is 11.1. The molecule has 6 nitrogen and oxygen atoms in total. The molecule has 3 rings (SSSR count). The largest absolute Gasteiger partial charge is 0.481 e. The Morgan fingerprint density at radius 2 is 1.68 bits per heavy atom. The van der Waals surface area contributed by atoms with Gasteiger partial charge in [0.1, 0.15) is 11.6 Å². The molecule has 0 aliphatic heterocycles. The van der Waals surface area contributed by atoms with Gasteiger partial charge in [-0.2, -0.15) is 0 Å². The van der Waals surface area contributed by atoms with Crippen molar-refractivity contribution in [3.63, 3.8) is 0 Å². The van der Waals surface area contributed by atoms with Crippen LogP contribution in [0.5, 0.6) is 5.75 Å². The number of hydrogen-bond acceptors (Lipinski definition) is 4. The number of ether oxygens (including phenoxy) is 1. The highest BCUT2D eigenvalue weighted by Crippen LogP contribution is 2.24. The minimum atomic E-state index is -3.84. The number of benzene rings is 3. The SMILES string of the molecule is Cc1ccc(Cl)cc1NS(=O)(=O)c1ccc(NC(=O)[C@H](C)Oc2ccc(F)cc2)cc1. The van der Waals surface area contributed by atoms with Crippen LogP contribution in [0.2, 0.25) is 5.02 Å². The maximum absolute atomic E-state index is 13.0. The van der Waals surface area contributed by atoms with Crippen LogP contribution in [0.15, 0.2) is 71.6 Å². The minimum absolute atomic E-state index is 0.0282. The molecule has 0 fully saturated rings. The number of anilines is 2. The summed E-state index contributed by atoms with van der Waals surface area (Å²) in [7, 11) is -3.84. The lowest BCUT2D eigenvalue weighted by molar-refractivity contribution is -0.122. The third kappa shape index (κ3) is 5.96. The standard InChI is InChI=1S/C22H20ClFN2O4S/c1-14-3-4-16(23)13-21(14)26-31(28,29)20-11-7-18(8-12-20)25-22(27)15(2)30-19-9-5-17(24)6-10-19/h3-13,15,26H,1-2H3,(H,25,27)/t15-/m0/s1. The van der Waals surface area contributed by atoms with Crippen molar-refractivity contribution in [1.82, 2.24) is 0 Å². The molecule has 0 saturated heterocycles. The summed E-state index contributed by atoms with van der Waals surface area (Å²) in [5.41, 5.74) is 1.51. The molecule has 0 bridgehead atoms. The number of carbonyl (C=O) groups excluding carboxylic acids is 1. The summed E-state index contributed by atoms with van der Waals surface area (Å²) in [6.45, 7) is 3.32. The fraction of sp³-hybridized carbons (Fsp3) is 0.136. The molecule has 31 heavy (non-hydrogen) atoms. The van der Waals surface area contributed by atoms with Crippen LogP contribution in [0.4, 0.5) is 15.8 Å². The molecule has 3 aromatic carbocycles. The Balaban J connectivity index is 1.65. The maximum Gasteiger partial charge on any atom is 0.265 e. The topological polar surface area (TPSA) is 84.5 Å². The molecule has 3 aromatic rings. The van der Waals surface area contributed by atoms with Crippen LogP contribution < -0.4 is 14.8 Å². The summed E-state index contributed by atoms with van der Waals surface area (Å²) in [4.78, 5) is 12.4. The van der Waals surface area contributed by atoms with Crippen molar-refractivity contribution in [2.24, 2.45) is 0 Å². The lowest BCUT2D eigenvalue weighted by Gasteiger charge is -2.15. The fourth-order valence-electron chi connectivity index (χ4n) is 2.64. The molecule has 9 heteroatoms. The van der Waals surface area contributed by atoms with E-state index in [-0.39, 0.29) is 4.90 Å². The normalized spacial score (nSPS) is 12.1. The van der Waals surface area contributed by atoms with Gasteiger partial charge in [-0.15, -0.1) is 0 Å². The van der Waals surface area contributed by atoms with E-state index in [0.717, 1.165) is 5.56 Å². The molecular weight excluding hydrogens is 443 g/mol. The number of sulfonamides is 1. The first-order chi connectivity index (χ1) is 14.6. The fourth-order valence-corrected chi connectivity index (χ4v) is 3.93. The van der Waals surface area contributed by atoms with E-state index < -0.39 is 27.9 Å². The Labute approximate surface area is 185 Å². The van der Waals surface area contributed by atoms with Crippen molar-refractivity contribution >= 4 is 38.9 Å². The third-order valence-electron chi connectivity index (χ3n) is 4.37. The van der Waals surface area contributed by atoms with Gasteiger partial charge in [0.05, 0.1) is 10.6 Å². The van der Waals surface area contributed by atoms with Gasteiger partial charge in [0.2, 0.25) is 0 Å². The number of amides is 1. The van der Waals surface area contributed by atoms with Gasteiger partial charge in [0.25, 0.3) is 15.9 Å². The van der Waals surface area contributed by atoms with Crippen molar-refractivity contribution in [2.75, 3.05) is 10.0 Å². The van der Waals surface area contributed by atoms with E-state index in [4.69, 9.17) is 16.3 Å². The van der Waals surface area contributed by atoms with Gasteiger partial charge in [-0.1, -0.05) is 17.7 Å². The van der Waals surface area contributed by atoms with Gasteiger partial charge in [-0.25, -0.2) is 12.8 Å². The highest BCUT2D eigenvalue weighted by molar-refractivity contribution is 7.92. The van der Waals surface area contributed by atoms with Crippen LogP contribution in [0.1, 0.15) is 12.5 Å². The van der Waals surface area contributed by atoms with Gasteiger partial charge in [-0.05, 0) is 80.1 Å². The van der Waals surface area contributed by atoms with Crippen LogP contribution in [0, 0.1) is 12.7 Å². The van der Waals surface area contributed by atoms with E-state index in [9.17, 15) is 17.6 Å². The van der Waals surface area contributed by atoms with Crippen molar-refractivity contribution < 1.29 is 22.3 Å². The van der Waals surface area contributed by atoms with E-state index in [0.29, 0.717) is 22.1 Å². The highest BCUT2D eigenvalue weighted by Gasteiger charge is 2.18. The smallest absolute Gasteiger partial charge is 0.265 e. The third-order valence-corrected chi connectivity index (χ3v) is 5.99. The van der Waals surface area contributed by atoms with Gasteiger partial charge in [0.15, 0.2) is 6.10 Å². The number of rotatable bonds is 7. The number of carbonyl (C=O) groups is 1. The Bertz CT molecular complexity index is 1180. The first kappa shape index (κ1) is 22.6. The van der Waals surface area contributed by atoms with Crippen molar-refractivity contribution in [1.29, 1.82) is 0 Å². The Kier molecular flexibility index (Phi) is 6.82. The molecule has 0 aliphatic rings. The van der Waals surface area contributed by atoms with E-state index in [2.05, 4.69) is 10.0 Å². The summed E-state index contributed by atoms with van der Waals surface area (Å²) in [6.07, 6.45) is -0.846. The molecular formula is C22H20ClFN2O4S. The molecule has 0 heterocycles. The van der Waals surface area contributed by atoms with E-state index in [1.807, 2.05) is 0 Å². The second kappa shape index (κ2) is 9.36. The molecule has 162 valence electrons. The second-order valence-corrected chi connectivity index (χ2v) is 8.91. The molecule has 0 saturated carbocycles. The predicted octanol–water partition coefficient (Wildman–Crippen LogP) is 4.99. The zero-order valence-corrected chi connectivity index (χ0v) is 18.3. The molecule has 2 N–H and O–H groups in total. The number of hydrogen-bond donors (Lipinski definition) is 2. The lowest BCUT2D eigenvalue weighted by Crippen LogP contribution is -2.30. The monoisotopic (exact) mass is 462 g/mol. The minimum Gasteiger partial charge on any atom is -0.481 e.